The standard InChI is InChI=1S/C17H15N3O3/c21-17(18-16-12-4-1-2-5-13(12)19-20-16)11-6-7-14-15(10-11)23-9-3-8-22-14/h1-2,4-7,10H,3,8-9H2,(H2,18,19,20,21). The molecule has 1 aliphatic heterocycles. The smallest absolute Gasteiger partial charge is 0.257 e. The lowest BCUT2D eigenvalue weighted by atomic mass is 10.2. The highest BCUT2D eigenvalue weighted by Crippen LogP contribution is 2.30. The number of benzene rings is 2. The Kier molecular flexibility index (Phi) is 3.34. The van der Waals surface area contributed by atoms with Crippen LogP contribution in [0, 0.1) is 0 Å². The lowest BCUT2D eigenvalue weighted by molar-refractivity contribution is 0.102. The molecule has 2 N–H and O–H groups in total. The van der Waals surface area contributed by atoms with Crippen molar-refractivity contribution in [2.75, 3.05) is 18.5 Å². The number of anilines is 1. The van der Waals surface area contributed by atoms with Crippen LogP contribution in [0.2, 0.25) is 0 Å². The fraction of sp³-hybridized carbons (Fsp3) is 0.176. The molecular weight excluding hydrogens is 294 g/mol. The molecule has 2 aromatic carbocycles. The van der Waals surface area contributed by atoms with Crippen LogP contribution < -0.4 is 14.8 Å². The molecule has 0 aliphatic carbocycles. The van der Waals surface area contributed by atoms with Gasteiger partial charge in [-0.2, -0.15) is 5.10 Å². The number of hydrogen-bond donors (Lipinski definition) is 2. The van der Waals surface area contributed by atoms with Crippen LogP contribution in [0.4, 0.5) is 5.82 Å². The average Bonchev–Trinajstić information content (AvgIpc) is 2.83. The molecule has 4 rings (SSSR count). The van der Waals surface area contributed by atoms with E-state index in [1.807, 2.05) is 24.3 Å². The van der Waals surface area contributed by atoms with E-state index in [1.165, 1.54) is 0 Å². The van der Waals surface area contributed by atoms with Crippen molar-refractivity contribution in [3.63, 3.8) is 0 Å². The van der Waals surface area contributed by atoms with Crippen molar-refractivity contribution in [1.82, 2.24) is 10.2 Å². The summed E-state index contributed by atoms with van der Waals surface area (Å²) in [5, 5.41) is 10.7. The van der Waals surface area contributed by atoms with Gasteiger partial charge in [0.25, 0.3) is 5.91 Å². The van der Waals surface area contributed by atoms with Crippen LogP contribution in [0.5, 0.6) is 11.5 Å². The third-order valence-electron chi connectivity index (χ3n) is 3.71. The number of fused-ring (bicyclic) bond motifs is 2. The van der Waals surface area contributed by atoms with Crippen LogP contribution in [0.3, 0.4) is 0 Å². The second-order valence-electron chi connectivity index (χ2n) is 5.28. The molecular formula is C17H15N3O3. The first-order valence-corrected chi connectivity index (χ1v) is 7.45. The Morgan fingerprint density at radius 1 is 1.09 bits per heavy atom. The molecule has 0 saturated heterocycles. The minimum Gasteiger partial charge on any atom is -0.490 e. The van der Waals surface area contributed by atoms with Gasteiger partial charge < -0.3 is 14.8 Å². The molecule has 23 heavy (non-hydrogen) atoms. The highest BCUT2D eigenvalue weighted by molar-refractivity contribution is 6.08. The molecule has 0 atom stereocenters. The van der Waals surface area contributed by atoms with Gasteiger partial charge in [0.05, 0.1) is 18.7 Å². The van der Waals surface area contributed by atoms with Gasteiger partial charge in [-0.3, -0.25) is 9.89 Å². The lowest BCUT2D eigenvalue weighted by Crippen LogP contribution is -2.12. The fourth-order valence-electron chi connectivity index (χ4n) is 2.54. The van der Waals surface area contributed by atoms with Crippen molar-refractivity contribution in [2.45, 2.75) is 6.42 Å². The van der Waals surface area contributed by atoms with E-state index in [-0.39, 0.29) is 5.91 Å². The monoisotopic (exact) mass is 309 g/mol. The Morgan fingerprint density at radius 3 is 2.83 bits per heavy atom. The van der Waals surface area contributed by atoms with Crippen LogP contribution in [0.25, 0.3) is 10.9 Å². The van der Waals surface area contributed by atoms with Crippen LogP contribution >= 0.6 is 0 Å². The molecule has 0 spiro atoms. The molecule has 0 unspecified atom stereocenters. The number of carbonyl (C=O) groups excluding carboxylic acids is 1. The molecule has 0 fully saturated rings. The zero-order valence-electron chi connectivity index (χ0n) is 12.3. The topological polar surface area (TPSA) is 76.2 Å². The van der Waals surface area contributed by atoms with E-state index in [9.17, 15) is 4.79 Å². The number of aromatic nitrogens is 2. The van der Waals surface area contributed by atoms with Crippen molar-refractivity contribution in [2.24, 2.45) is 0 Å². The van der Waals surface area contributed by atoms with Gasteiger partial charge in [-0.25, -0.2) is 0 Å². The number of hydrogen-bond acceptors (Lipinski definition) is 4. The van der Waals surface area contributed by atoms with Crippen molar-refractivity contribution in [3.05, 3.63) is 48.0 Å². The first kappa shape index (κ1) is 13.6. The lowest BCUT2D eigenvalue weighted by Gasteiger charge is -2.09. The highest BCUT2D eigenvalue weighted by atomic mass is 16.5. The predicted molar refractivity (Wildman–Crippen MR) is 86.1 cm³/mol. The summed E-state index contributed by atoms with van der Waals surface area (Å²) in [5.41, 5.74) is 1.38. The summed E-state index contributed by atoms with van der Waals surface area (Å²) in [5.74, 6) is 1.54. The minimum atomic E-state index is -0.238. The van der Waals surface area contributed by atoms with Crippen molar-refractivity contribution >= 4 is 22.6 Å². The Bertz CT molecular complexity index is 872. The number of amides is 1. The molecule has 0 bridgehead atoms. The average molecular weight is 309 g/mol. The molecule has 0 saturated carbocycles. The Hall–Kier alpha value is -3.02. The van der Waals surface area contributed by atoms with Gasteiger partial charge in [0.15, 0.2) is 17.3 Å². The second kappa shape index (κ2) is 5.64. The molecule has 1 aliphatic rings. The highest BCUT2D eigenvalue weighted by Gasteiger charge is 2.15. The summed E-state index contributed by atoms with van der Waals surface area (Å²) in [7, 11) is 0. The van der Waals surface area contributed by atoms with Gasteiger partial charge in [-0.05, 0) is 30.3 Å². The Morgan fingerprint density at radius 2 is 1.91 bits per heavy atom. The molecule has 1 amide bonds. The van der Waals surface area contributed by atoms with E-state index in [2.05, 4.69) is 15.5 Å². The van der Waals surface area contributed by atoms with Gasteiger partial charge in [0.1, 0.15) is 0 Å². The molecule has 3 aromatic rings. The first-order chi connectivity index (χ1) is 11.3. The van der Waals surface area contributed by atoms with Gasteiger partial charge in [0, 0.05) is 17.4 Å². The maximum Gasteiger partial charge on any atom is 0.257 e. The minimum absolute atomic E-state index is 0.238. The Balaban J connectivity index is 1.61. The molecule has 2 heterocycles. The van der Waals surface area contributed by atoms with E-state index >= 15 is 0 Å². The maximum absolute atomic E-state index is 12.5. The zero-order valence-corrected chi connectivity index (χ0v) is 12.3. The molecule has 6 nitrogen and oxygen atoms in total. The van der Waals surface area contributed by atoms with Gasteiger partial charge >= 0.3 is 0 Å². The van der Waals surface area contributed by atoms with E-state index in [0.717, 1.165) is 17.3 Å². The third-order valence-corrected chi connectivity index (χ3v) is 3.71. The normalized spacial score (nSPS) is 13.6. The van der Waals surface area contributed by atoms with Crippen LogP contribution in [0.15, 0.2) is 42.5 Å². The number of nitrogens with one attached hydrogen (secondary N) is 2. The van der Waals surface area contributed by atoms with Crippen LogP contribution in [-0.2, 0) is 0 Å². The van der Waals surface area contributed by atoms with Gasteiger partial charge in [-0.15, -0.1) is 0 Å². The number of ether oxygens (including phenoxy) is 2. The SMILES string of the molecule is O=C(Nc1n[nH]c2ccccc12)c1ccc2c(c1)OCCCO2. The van der Waals surface area contributed by atoms with E-state index in [0.29, 0.717) is 36.1 Å². The number of carbonyl (C=O) groups is 1. The third kappa shape index (κ3) is 2.59. The fourth-order valence-corrected chi connectivity index (χ4v) is 2.54. The number of nitrogens with zero attached hydrogens (tertiary/aromatic N) is 1. The zero-order chi connectivity index (χ0) is 15.6. The first-order valence-electron chi connectivity index (χ1n) is 7.45. The molecule has 6 heteroatoms. The summed E-state index contributed by atoms with van der Waals surface area (Å²) < 4.78 is 11.2. The molecule has 1 aromatic heterocycles. The summed E-state index contributed by atoms with van der Waals surface area (Å²) >= 11 is 0. The van der Waals surface area contributed by atoms with E-state index < -0.39 is 0 Å². The quantitative estimate of drug-likeness (QED) is 0.763. The summed E-state index contributed by atoms with van der Waals surface area (Å²) in [6.45, 7) is 1.21. The van der Waals surface area contributed by atoms with Gasteiger partial charge in [-0.1, -0.05) is 12.1 Å². The summed E-state index contributed by atoms with van der Waals surface area (Å²) in [4.78, 5) is 12.5. The van der Waals surface area contributed by atoms with Crippen molar-refractivity contribution in [3.8, 4) is 11.5 Å². The Labute approximate surface area is 132 Å². The van der Waals surface area contributed by atoms with E-state index in [1.54, 1.807) is 18.2 Å². The number of rotatable bonds is 2. The van der Waals surface area contributed by atoms with E-state index in [4.69, 9.17) is 9.47 Å². The summed E-state index contributed by atoms with van der Waals surface area (Å²) in [6.07, 6.45) is 0.829. The number of para-hydroxylation sites is 1. The maximum atomic E-state index is 12.5. The van der Waals surface area contributed by atoms with Crippen LogP contribution in [-0.4, -0.2) is 29.3 Å². The van der Waals surface area contributed by atoms with Crippen LogP contribution in [0.1, 0.15) is 16.8 Å². The number of H-pyrrole nitrogens is 1. The summed E-state index contributed by atoms with van der Waals surface area (Å²) in [6, 6.07) is 12.8. The largest absolute Gasteiger partial charge is 0.490 e. The number of aromatic amines is 1. The second-order valence-corrected chi connectivity index (χ2v) is 5.28. The molecule has 116 valence electrons. The van der Waals surface area contributed by atoms with Gasteiger partial charge in [0.2, 0.25) is 0 Å². The van der Waals surface area contributed by atoms with Crippen molar-refractivity contribution in [1.29, 1.82) is 0 Å². The predicted octanol–water partition coefficient (Wildman–Crippen LogP) is 2.98. The van der Waals surface area contributed by atoms with Crippen molar-refractivity contribution < 1.29 is 14.3 Å². The molecule has 0 radical (unpaired) electrons.